The summed E-state index contributed by atoms with van der Waals surface area (Å²) in [5.74, 6) is 0. The summed E-state index contributed by atoms with van der Waals surface area (Å²) in [5, 5.41) is 0. The number of ether oxygens (including phenoxy) is 1. The third-order valence-electron chi connectivity index (χ3n) is 1.28. The first-order valence-electron chi connectivity index (χ1n) is 3.98. The van der Waals surface area contributed by atoms with Crippen molar-refractivity contribution in [3.05, 3.63) is 13.2 Å². The number of rotatable bonds is 5. The molecule has 0 amide bonds. The molecule has 0 saturated carbocycles. The van der Waals surface area contributed by atoms with Crippen LogP contribution in [-0.2, 0) is 4.74 Å². The molecule has 0 aromatic heterocycles. The molecule has 0 aromatic rings. The number of hydrogen-bond acceptors (Lipinski definition) is 2. The van der Waals surface area contributed by atoms with Gasteiger partial charge in [-0.2, -0.15) is 0 Å². The predicted octanol–water partition coefficient (Wildman–Crippen LogP) is 1.78. The summed E-state index contributed by atoms with van der Waals surface area (Å²) in [5.41, 5.74) is 0. The summed E-state index contributed by atoms with van der Waals surface area (Å²) in [6.07, 6.45) is 1.22. The van der Waals surface area contributed by atoms with Crippen LogP contribution in [0, 0.1) is 0 Å². The maximum atomic E-state index is 4.92. The van der Waals surface area contributed by atoms with Crippen LogP contribution in [0.2, 0.25) is 0 Å². The Kier molecular flexibility index (Phi) is 14.9. The number of hydrogen-bond donors (Lipinski definition) is 0. The van der Waals surface area contributed by atoms with Gasteiger partial charge in [-0.05, 0) is 20.0 Å². The minimum atomic E-state index is 0.844. The van der Waals surface area contributed by atoms with E-state index < -0.39 is 0 Å². The molecule has 2 heteroatoms. The SMILES string of the molecule is C=C.CCCN(C)CCOC. The van der Waals surface area contributed by atoms with E-state index >= 15 is 0 Å². The molecule has 0 spiro atoms. The fourth-order valence-electron chi connectivity index (χ4n) is 0.741. The molecule has 0 aliphatic rings. The highest BCUT2D eigenvalue weighted by Gasteiger charge is 1.92. The lowest BCUT2D eigenvalue weighted by molar-refractivity contribution is 0.161. The smallest absolute Gasteiger partial charge is 0.0589 e. The topological polar surface area (TPSA) is 12.5 Å². The molecule has 0 N–H and O–H groups in total. The van der Waals surface area contributed by atoms with E-state index in [0.29, 0.717) is 0 Å². The second-order valence-corrected chi connectivity index (χ2v) is 2.30. The minimum absolute atomic E-state index is 0.844. The summed E-state index contributed by atoms with van der Waals surface area (Å²) in [6.45, 7) is 11.2. The normalized spacial score (nSPS) is 9.09. The summed E-state index contributed by atoms with van der Waals surface area (Å²) in [4.78, 5) is 2.27. The molecule has 0 aromatic carbocycles. The van der Waals surface area contributed by atoms with Crippen molar-refractivity contribution >= 4 is 0 Å². The molecular formula is C9H21NO. The Morgan fingerprint density at radius 3 is 2.18 bits per heavy atom. The van der Waals surface area contributed by atoms with Crippen molar-refractivity contribution in [1.82, 2.24) is 4.90 Å². The molecule has 0 rings (SSSR count). The van der Waals surface area contributed by atoms with E-state index in [-0.39, 0.29) is 0 Å². The molecule has 0 unspecified atom stereocenters. The van der Waals surface area contributed by atoms with Gasteiger partial charge in [-0.3, -0.25) is 0 Å². The van der Waals surface area contributed by atoms with Gasteiger partial charge in [0.2, 0.25) is 0 Å². The molecule has 0 saturated heterocycles. The van der Waals surface area contributed by atoms with Crippen molar-refractivity contribution in [1.29, 1.82) is 0 Å². The van der Waals surface area contributed by atoms with Crippen LogP contribution in [0.1, 0.15) is 13.3 Å². The van der Waals surface area contributed by atoms with Gasteiger partial charge >= 0.3 is 0 Å². The Morgan fingerprint density at radius 1 is 1.27 bits per heavy atom. The minimum Gasteiger partial charge on any atom is -0.383 e. The van der Waals surface area contributed by atoms with Crippen LogP contribution in [0.4, 0.5) is 0 Å². The van der Waals surface area contributed by atoms with E-state index in [1.807, 2.05) is 0 Å². The van der Waals surface area contributed by atoms with Crippen molar-refractivity contribution < 1.29 is 4.74 Å². The maximum Gasteiger partial charge on any atom is 0.0589 e. The van der Waals surface area contributed by atoms with Crippen molar-refractivity contribution in [2.45, 2.75) is 13.3 Å². The van der Waals surface area contributed by atoms with Gasteiger partial charge in [-0.25, -0.2) is 0 Å². The second-order valence-electron chi connectivity index (χ2n) is 2.30. The van der Waals surface area contributed by atoms with Crippen molar-refractivity contribution in [2.75, 3.05) is 33.9 Å². The van der Waals surface area contributed by atoms with Gasteiger partial charge in [0.15, 0.2) is 0 Å². The van der Waals surface area contributed by atoms with E-state index in [0.717, 1.165) is 13.2 Å². The highest BCUT2D eigenvalue weighted by Crippen LogP contribution is 1.84. The summed E-state index contributed by atoms with van der Waals surface area (Å²) < 4.78 is 4.92. The first-order valence-corrected chi connectivity index (χ1v) is 3.98. The molecule has 0 bridgehead atoms. The highest BCUT2D eigenvalue weighted by molar-refractivity contribution is 4.46. The number of methoxy groups -OCH3 is 1. The van der Waals surface area contributed by atoms with Crippen LogP contribution >= 0.6 is 0 Å². The molecule has 0 aliphatic heterocycles. The zero-order chi connectivity index (χ0) is 9.11. The molecule has 68 valence electrons. The van der Waals surface area contributed by atoms with Crippen LogP contribution in [0.15, 0.2) is 13.2 Å². The second kappa shape index (κ2) is 12.3. The van der Waals surface area contributed by atoms with Crippen LogP contribution in [-0.4, -0.2) is 38.8 Å². The Morgan fingerprint density at radius 2 is 1.82 bits per heavy atom. The fraction of sp³-hybridized carbons (Fsp3) is 0.778. The molecule has 0 fully saturated rings. The van der Waals surface area contributed by atoms with E-state index in [1.54, 1.807) is 7.11 Å². The maximum absolute atomic E-state index is 4.92. The molecule has 0 atom stereocenters. The largest absolute Gasteiger partial charge is 0.383 e. The Labute approximate surface area is 70.8 Å². The first-order chi connectivity index (χ1) is 5.31. The van der Waals surface area contributed by atoms with Gasteiger partial charge in [0.05, 0.1) is 6.61 Å². The quantitative estimate of drug-likeness (QED) is 0.567. The molecule has 11 heavy (non-hydrogen) atoms. The summed E-state index contributed by atoms with van der Waals surface area (Å²) >= 11 is 0. The lowest BCUT2D eigenvalue weighted by atomic mass is 10.4. The molecule has 2 nitrogen and oxygen atoms in total. The van der Waals surface area contributed by atoms with Gasteiger partial charge in [-0.1, -0.05) is 6.92 Å². The van der Waals surface area contributed by atoms with Crippen molar-refractivity contribution in [3.8, 4) is 0 Å². The molecule has 0 aliphatic carbocycles. The zero-order valence-corrected chi connectivity index (χ0v) is 8.10. The van der Waals surface area contributed by atoms with Crippen LogP contribution in [0.3, 0.4) is 0 Å². The lowest BCUT2D eigenvalue weighted by Crippen LogP contribution is -2.23. The Balaban J connectivity index is 0. The Hall–Kier alpha value is -0.340. The fourth-order valence-corrected chi connectivity index (χ4v) is 0.741. The average molecular weight is 159 g/mol. The summed E-state index contributed by atoms with van der Waals surface area (Å²) in [7, 11) is 3.85. The summed E-state index contributed by atoms with van der Waals surface area (Å²) in [6, 6.07) is 0. The average Bonchev–Trinajstić information content (AvgIpc) is 2.05. The van der Waals surface area contributed by atoms with Gasteiger partial charge in [-0.15, -0.1) is 13.2 Å². The number of nitrogens with zero attached hydrogens (tertiary/aromatic N) is 1. The van der Waals surface area contributed by atoms with Gasteiger partial charge in [0.1, 0.15) is 0 Å². The lowest BCUT2D eigenvalue weighted by Gasteiger charge is -2.13. The van der Waals surface area contributed by atoms with Gasteiger partial charge < -0.3 is 9.64 Å². The monoisotopic (exact) mass is 159 g/mol. The van der Waals surface area contributed by atoms with Crippen LogP contribution in [0.25, 0.3) is 0 Å². The molecule has 0 radical (unpaired) electrons. The first kappa shape index (κ1) is 13.3. The van der Waals surface area contributed by atoms with Gasteiger partial charge in [0.25, 0.3) is 0 Å². The van der Waals surface area contributed by atoms with Crippen molar-refractivity contribution in [2.24, 2.45) is 0 Å². The Bertz CT molecular complexity index is 66.6. The van der Waals surface area contributed by atoms with E-state index in [1.165, 1.54) is 13.0 Å². The van der Waals surface area contributed by atoms with Crippen LogP contribution in [0.5, 0.6) is 0 Å². The van der Waals surface area contributed by atoms with E-state index in [9.17, 15) is 0 Å². The predicted molar refractivity (Wildman–Crippen MR) is 50.9 cm³/mol. The zero-order valence-electron chi connectivity index (χ0n) is 8.10. The standard InChI is InChI=1S/C7H17NO.C2H4/c1-4-5-8(2)6-7-9-3;1-2/h4-7H2,1-3H3;1-2H2. The molecule has 0 heterocycles. The number of likely N-dealkylation sites (N-methyl/N-ethyl adjacent to an activating group) is 1. The third kappa shape index (κ3) is 12.8. The van der Waals surface area contributed by atoms with E-state index in [2.05, 4.69) is 32.0 Å². The molecular weight excluding hydrogens is 138 g/mol. The third-order valence-corrected chi connectivity index (χ3v) is 1.28. The van der Waals surface area contributed by atoms with Crippen molar-refractivity contribution in [3.63, 3.8) is 0 Å². The van der Waals surface area contributed by atoms with Crippen LogP contribution < -0.4 is 0 Å². The van der Waals surface area contributed by atoms with Gasteiger partial charge in [0, 0.05) is 13.7 Å². The van der Waals surface area contributed by atoms with E-state index in [4.69, 9.17) is 4.74 Å². The highest BCUT2D eigenvalue weighted by atomic mass is 16.5.